The Bertz CT molecular complexity index is 582. The zero-order valence-electron chi connectivity index (χ0n) is 9.58. The SMILES string of the molecule is Fc1ccc(NCC#Cc2ccccc2)cc1F. The lowest BCUT2D eigenvalue weighted by Crippen LogP contribution is -1.99. The van der Waals surface area contributed by atoms with Crippen molar-refractivity contribution in [2.75, 3.05) is 11.9 Å². The zero-order chi connectivity index (χ0) is 12.8. The fraction of sp³-hybridized carbons (Fsp3) is 0.0667. The minimum absolute atomic E-state index is 0.375. The van der Waals surface area contributed by atoms with Gasteiger partial charge in [-0.2, -0.15) is 0 Å². The van der Waals surface area contributed by atoms with Crippen LogP contribution < -0.4 is 5.32 Å². The number of nitrogens with one attached hydrogen (secondary N) is 1. The van der Waals surface area contributed by atoms with Gasteiger partial charge in [-0.05, 0) is 24.3 Å². The molecule has 0 bridgehead atoms. The molecule has 0 unspecified atom stereocenters. The molecule has 0 saturated heterocycles. The molecule has 0 atom stereocenters. The molecule has 2 rings (SSSR count). The standard InChI is InChI=1S/C15H11F2N/c16-14-9-8-13(11-15(14)17)18-10-4-7-12-5-2-1-3-6-12/h1-3,5-6,8-9,11,18H,10H2. The van der Waals surface area contributed by atoms with Gasteiger partial charge in [0.1, 0.15) is 0 Å². The molecule has 18 heavy (non-hydrogen) atoms. The summed E-state index contributed by atoms with van der Waals surface area (Å²) >= 11 is 0. The number of benzene rings is 2. The molecule has 90 valence electrons. The van der Waals surface area contributed by atoms with Crippen LogP contribution in [0, 0.1) is 23.5 Å². The average Bonchev–Trinajstić information content (AvgIpc) is 2.40. The topological polar surface area (TPSA) is 12.0 Å². The fourth-order valence-electron chi connectivity index (χ4n) is 1.42. The Balaban J connectivity index is 1.93. The second-order valence-corrected chi connectivity index (χ2v) is 3.65. The first-order chi connectivity index (χ1) is 8.75. The third kappa shape index (κ3) is 3.33. The van der Waals surface area contributed by atoms with Crippen LogP contribution >= 0.6 is 0 Å². The molecule has 1 N–H and O–H groups in total. The molecule has 0 heterocycles. The smallest absolute Gasteiger partial charge is 0.160 e. The number of hydrogen-bond acceptors (Lipinski definition) is 1. The van der Waals surface area contributed by atoms with E-state index in [-0.39, 0.29) is 0 Å². The maximum atomic E-state index is 12.9. The predicted octanol–water partition coefficient (Wildman–Crippen LogP) is 3.43. The molecule has 0 fully saturated rings. The lowest BCUT2D eigenvalue weighted by atomic mass is 10.2. The van der Waals surface area contributed by atoms with Gasteiger partial charge in [-0.3, -0.25) is 0 Å². The van der Waals surface area contributed by atoms with Crippen LogP contribution in [0.2, 0.25) is 0 Å². The summed E-state index contributed by atoms with van der Waals surface area (Å²) in [5, 5.41) is 2.90. The van der Waals surface area contributed by atoms with Crippen LogP contribution in [0.1, 0.15) is 5.56 Å². The molecule has 2 aromatic rings. The van der Waals surface area contributed by atoms with E-state index in [0.29, 0.717) is 12.2 Å². The Labute approximate surface area is 104 Å². The van der Waals surface area contributed by atoms with E-state index in [1.165, 1.54) is 6.07 Å². The first-order valence-corrected chi connectivity index (χ1v) is 5.48. The number of rotatable bonds is 2. The Morgan fingerprint density at radius 1 is 0.944 bits per heavy atom. The van der Waals surface area contributed by atoms with E-state index in [2.05, 4.69) is 17.2 Å². The van der Waals surface area contributed by atoms with Gasteiger partial charge >= 0.3 is 0 Å². The molecular weight excluding hydrogens is 232 g/mol. The highest BCUT2D eigenvalue weighted by Crippen LogP contribution is 2.12. The van der Waals surface area contributed by atoms with Crippen molar-refractivity contribution in [3.63, 3.8) is 0 Å². The summed E-state index contributed by atoms with van der Waals surface area (Å²) in [6.45, 7) is 0.375. The molecular formula is C15H11F2N. The van der Waals surface area contributed by atoms with Gasteiger partial charge in [0.15, 0.2) is 11.6 Å². The molecule has 0 spiro atoms. The fourth-order valence-corrected chi connectivity index (χ4v) is 1.42. The first kappa shape index (κ1) is 12.1. The van der Waals surface area contributed by atoms with E-state index >= 15 is 0 Å². The Kier molecular flexibility index (Phi) is 3.93. The van der Waals surface area contributed by atoms with Crippen molar-refractivity contribution in [1.29, 1.82) is 0 Å². The minimum Gasteiger partial charge on any atom is -0.374 e. The van der Waals surface area contributed by atoms with Gasteiger partial charge in [0.05, 0.1) is 6.54 Å². The Morgan fingerprint density at radius 2 is 1.72 bits per heavy atom. The highest BCUT2D eigenvalue weighted by molar-refractivity contribution is 5.45. The number of anilines is 1. The normalized spacial score (nSPS) is 9.44. The lowest BCUT2D eigenvalue weighted by Gasteiger charge is -2.02. The van der Waals surface area contributed by atoms with Gasteiger partial charge in [0.2, 0.25) is 0 Å². The molecule has 0 aromatic heterocycles. The van der Waals surface area contributed by atoms with Crippen LogP contribution in [-0.4, -0.2) is 6.54 Å². The van der Waals surface area contributed by atoms with Crippen LogP contribution in [0.5, 0.6) is 0 Å². The minimum atomic E-state index is -0.865. The van der Waals surface area contributed by atoms with Crippen molar-refractivity contribution in [3.8, 4) is 11.8 Å². The van der Waals surface area contributed by atoms with Crippen LogP contribution in [0.3, 0.4) is 0 Å². The molecule has 0 aliphatic carbocycles. The summed E-state index contributed by atoms with van der Waals surface area (Å²) in [6, 6.07) is 13.2. The van der Waals surface area contributed by atoms with Crippen molar-refractivity contribution >= 4 is 5.69 Å². The van der Waals surface area contributed by atoms with E-state index in [9.17, 15) is 8.78 Å². The Hall–Kier alpha value is -2.34. The second kappa shape index (κ2) is 5.83. The average molecular weight is 243 g/mol. The monoisotopic (exact) mass is 243 g/mol. The Morgan fingerprint density at radius 3 is 2.44 bits per heavy atom. The van der Waals surface area contributed by atoms with E-state index in [1.807, 2.05) is 30.3 Å². The summed E-state index contributed by atoms with van der Waals surface area (Å²) in [4.78, 5) is 0. The molecule has 0 aliphatic rings. The quantitative estimate of drug-likeness (QED) is 0.797. The van der Waals surface area contributed by atoms with Crippen molar-refractivity contribution in [2.24, 2.45) is 0 Å². The third-order valence-corrected chi connectivity index (χ3v) is 2.31. The van der Waals surface area contributed by atoms with Gasteiger partial charge in [0, 0.05) is 17.3 Å². The van der Waals surface area contributed by atoms with E-state index in [4.69, 9.17) is 0 Å². The highest BCUT2D eigenvalue weighted by atomic mass is 19.2. The summed E-state index contributed by atoms with van der Waals surface area (Å²) in [5.74, 6) is 4.15. The molecule has 2 aromatic carbocycles. The van der Waals surface area contributed by atoms with E-state index in [1.54, 1.807) is 0 Å². The molecule has 3 heteroatoms. The summed E-state index contributed by atoms with van der Waals surface area (Å²) in [5.41, 5.74) is 1.43. The highest BCUT2D eigenvalue weighted by Gasteiger charge is 2.00. The molecule has 0 saturated carbocycles. The van der Waals surface area contributed by atoms with Crippen LogP contribution in [0.15, 0.2) is 48.5 Å². The molecule has 0 amide bonds. The van der Waals surface area contributed by atoms with Gasteiger partial charge < -0.3 is 5.32 Å². The van der Waals surface area contributed by atoms with Crippen molar-refractivity contribution in [1.82, 2.24) is 0 Å². The van der Waals surface area contributed by atoms with Crippen LogP contribution in [-0.2, 0) is 0 Å². The van der Waals surface area contributed by atoms with Gasteiger partial charge in [-0.1, -0.05) is 30.0 Å². The number of halogens is 2. The summed E-state index contributed by atoms with van der Waals surface area (Å²) < 4.78 is 25.6. The van der Waals surface area contributed by atoms with Crippen molar-refractivity contribution in [2.45, 2.75) is 0 Å². The van der Waals surface area contributed by atoms with Gasteiger partial charge in [-0.25, -0.2) is 8.78 Å². The summed E-state index contributed by atoms with van der Waals surface area (Å²) in [7, 11) is 0. The number of hydrogen-bond donors (Lipinski definition) is 1. The van der Waals surface area contributed by atoms with Gasteiger partial charge in [0.25, 0.3) is 0 Å². The van der Waals surface area contributed by atoms with Crippen LogP contribution in [0.4, 0.5) is 14.5 Å². The second-order valence-electron chi connectivity index (χ2n) is 3.65. The third-order valence-electron chi connectivity index (χ3n) is 2.31. The molecule has 0 radical (unpaired) electrons. The first-order valence-electron chi connectivity index (χ1n) is 5.48. The van der Waals surface area contributed by atoms with Gasteiger partial charge in [-0.15, -0.1) is 0 Å². The zero-order valence-corrected chi connectivity index (χ0v) is 9.58. The van der Waals surface area contributed by atoms with Crippen LogP contribution in [0.25, 0.3) is 0 Å². The van der Waals surface area contributed by atoms with E-state index < -0.39 is 11.6 Å². The largest absolute Gasteiger partial charge is 0.374 e. The molecule has 1 nitrogen and oxygen atoms in total. The lowest BCUT2D eigenvalue weighted by molar-refractivity contribution is 0.509. The van der Waals surface area contributed by atoms with E-state index in [0.717, 1.165) is 17.7 Å². The molecule has 0 aliphatic heterocycles. The predicted molar refractivity (Wildman–Crippen MR) is 68.2 cm³/mol. The maximum Gasteiger partial charge on any atom is 0.160 e. The summed E-state index contributed by atoms with van der Waals surface area (Å²) in [6.07, 6.45) is 0. The maximum absolute atomic E-state index is 12.9. The van der Waals surface area contributed by atoms with Crippen molar-refractivity contribution in [3.05, 3.63) is 65.7 Å². The van der Waals surface area contributed by atoms with Crippen molar-refractivity contribution < 1.29 is 8.78 Å².